The van der Waals surface area contributed by atoms with E-state index in [9.17, 15) is 0 Å². The van der Waals surface area contributed by atoms with Gasteiger partial charge in [0, 0.05) is 6.54 Å². The molecule has 0 aromatic carbocycles. The SMILES string of the molecule is OCC1COCCN1c1nnc(CCl)o1. The van der Waals surface area contributed by atoms with E-state index in [-0.39, 0.29) is 18.5 Å². The van der Waals surface area contributed by atoms with Crippen molar-refractivity contribution in [3.8, 4) is 0 Å². The Morgan fingerprint density at radius 2 is 2.40 bits per heavy atom. The van der Waals surface area contributed by atoms with Crippen LogP contribution in [-0.4, -0.2) is 47.7 Å². The second kappa shape index (κ2) is 4.78. The Balaban J connectivity index is 2.12. The van der Waals surface area contributed by atoms with Crippen LogP contribution in [0.15, 0.2) is 4.42 Å². The van der Waals surface area contributed by atoms with Crippen molar-refractivity contribution in [3.63, 3.8) is 0 Å². The molecule has 0 spiro atoms. The number of alkyl halides is 1. The van der Waals surface area contributed by atoms with Crippen LogP contribution in [0.3, 0.4) is 0 Å². The lowest BCUT2D eigenvalue weighted by atomic mass is 10.2. The van der Waals surface area contributed by atoms with Crippen LogP contribution in [-0.2, 0) is 10.6 Å². The van der Waals surface area contributed by atoms with Crippen molar-refractivity contribution in [2.45, 2.75) is 11.9 Å². The first-order valence-electron chi connectivity index (χ1n) is 4.68. The summed E-state index contributed by atoms with van der Waals surface area (Å²) in [5.74, 6) is 0.580. The molecule has 1 unspecified atom stereocenters. The smallest absolute Gasteiger partial charge is 0.318 e. The van der Waals surface area contributed by atoms with Crippen molar-refractivity contribution in [1.82, 2.24) is 10.2 Å². The number of morpholine rings is 1. The van der Waals surface area contributed by atoms with E-state index in [1.54, 1.807) is 0 Å². The minimum Gasteiger partial charge on any atom is -0.407 e. The summed E-state index contributed by atoms with van der Waals surface area (Å²) < 4.78 is 10.5. The number of aliphatic hydroxyl groups excluding tert-OH is 1. The lowest BCUT2D eigenvalue weighted by molar-refractivity contribution is 0.0697. The molecule has 0 amide bonds. The molecule has 0 radical (unpaired) electrons. The largest absolute Gasteiger partial charge is 0.407 e. The zero-order valence-electron chi connectivity index (χ0n) is 8.10. The molecule has 1 N–H and O–H groups in total. The number of hydrogen-bond acceptors (Lipinski definition) is 6. The topological polar surface area (TPSA) is 71.6 Å². The van der Waals surface area contributed by atoms with E-state index in [0.29, 0.717) is 31.7 Å². The minimum absolute atomic E-state index is 0.00140. The Bertz CT molecular complexity index is 320. The molecular formula is C8H12ClN3O3. The van der Waals surface area contributed by atoms with Gasteiger partial charge in [0.25, 0.3) is 0 Å². The van der Waals surface area contributed by atoms with Crippen LogP contribution < -0.4 is 4.90 Å². The van der Waals surface area contributed by atoms with Gasteiger partial charge in [-0.2, -0.15) is 0 Å². The third kappa shape index (κ3) is 2.22. The first-order chi connectivity index (χ1) is 7.35. The van der Waals surface area contributed by atoms with E-state index in [4.69, 9.17) is 25.9 Å². The summed E-state index contributed by atoms with van der Waals surface area (Å²) in [5.41, 5.74) is 0. The zero-order chi connectivity index (χ0) is 10.7. The van der Waals surface area contributed by atoms with Gasteiger partial charge in [-0.05, 0) is 0 Å². The summed E-state index contributed by atoms with van der Waals surface area (Å²) in [6.07, 6.45) is 0. The summed E-state index contributed by atoms with van der Waals surface area (Å²) in [4.78, 5) is 1.84. The average Bonchev–Trinajstić information content (AvgIpc) is 2.77. The molecule has 1 aromatic heterocycles. The molecule has 0 bridgehead atoms. The van der Waals surface area contributed by atoms with E-state index in [1.165, 1.54) is 0 Å². The highest BCUT2D eigenvalue weighted by Crippen LogP contribution is 2.18. The summed E-state index contributed by atoms with van der Waals surface area (Å²) in [5, 5.41) is 16.8. The van der Waals surface area contributed by atoms with Crippen molar-refractivity contribution in [2.75, 3.05) is 31.3 Å². The molecule has 7 heteroatoms. The zero-order valence-corrected chi connectivity index (χ0v) is 8.85. The number of nitrogens with zero attached hydrogens (tertiary/aromatic N) is 3. The van der Waals surface area contributed by atoms with Crippen LogP contribution in [0.4, 0.5) is 6.01 Å². The van der Waals surface area contributed by atoms with E-state index in [0.717, 1.165) is 0 Å². The van der Waals surface area contributed by atoms with Crippen molar-refractivity contribution in [2.24, 2.45) is 0 Å². The molecule has 2 heterocycles. The fraction of sp³-hybridized carbons (Fsp3) is 0.750. The van der Waals surface area contributed by atoms with E-state index in [1.807, 2.05) is 4.90 Å². The number of rotatable bonds is 3. The quantitative estimate of drug-likeness (QED) is 0.742. The Hall–Kier alpha value is -0.850. The third-order valence-corrected chi connectivity index (χ3v) is 2.48. The minimum atomic E-state index is -0.123. The standard InChI is InChI=1S/C8H12ClN3O3/c9-3-7-10-11-8(15-7)12-1-2-14-5-6(12)4-13/h6,13H,1-5H2. The van der Waals surface area contributed by atoms with Gasteiger partial charge in [0.2, 0.25) is 5.89 Å². The molecule has 1 aliphatic rings. The number of ether oxygens (including phenoxy) is 1. The number of anilines is 1. The van der Waals surface area contributed by atoms with Gasteiger partial charge in [0.05, 0.1) is 25.9 Å². The number of halogens is 1. The van der Waals surface area contributed by atoms with Crippen molar-refractivity contribution in [3.05, 3.63) is 5.89 Å². The predicted octanol–water partition coefficient (Wildman–Crippen LogP) is 0.00590. The maximum absolute atomic E-state index is 9.15. The van der Waals surface area contributed by atoms with Gasteiger partial charge in [-0.1, -0.05) is 5.10 Å². The van der Waals surface area contributed by atoms with E-state index >= 15 is 0 Å². The number of aromatic nitrogens is 2. The van der Waals surface area contributed by atoms with Crippen LogP contribution in [0.2, 0.25) is 0 Å². The summed E-state index contributed by atoms with van der Waals surface area (Å²) in [6, 6.07) is 0.273. The highest BCUT2D eigenvalue weighted by atomic mass is 35.5. The lowest BCUT2D eigenvalue weighted by Gasteiger charge is -2.32. The molecule has 1 atom stereocenters. The maximum Gasteiger partial charge on any atom is 0.318 e. The molecule has 2 rings (SSSR count). The molecule has 1 aromatic rings. The second-order valence-corrected chi connectivity index (χ2v) is 3.48. The Morgan fingerprint density at radius 3 is 3.07 bits per heavy atom. The molecule has 6 nitrogen and oxygen atoms in total. The fourth-order valence-corrected chi connectivity index (χ4v) is 1.58. The van der Waals surface area contributed by atoms with Crippen molar-refractivity contribution < 1.29 is 14.3 Å². The highest BCUT2D eigenvalue weighted by Gasteiger charge is 2.26. The predicted molar refractivity (Wildman–Crippen MR) is 52.9 cm³/mol. The van der Waals surface area contributed by atoms with Gasteiger partial charge in [-0.3, -0.25) is 0 Å². The normalized spacial score (nSPS) is 22.0. The summed E-state index contributed by atoms with van der Waals surface area (Å²) >= 11 is 5.56. The highest BCUT2D eigenvalue weighted by molar-refractivity contribution is 6.16. The molecule has 1 fully saturated rings. The van der Waals surface area contributed by atoms with E-state index in [2.05, 4.69) is 10.2 Å². The molecule has 84 valence electrons. The summed E-state index contributed by atoms with van der Waals surface area (Å²) in [7, 11) is 0. The van der Waals surface area contributed by atoms with E-state index < -0.39 is 0 Å². The first kappa shape index (κ1) is 10.7. The fourth-order valence-electron chi connectivity index (χ4n) is 1.47. The molecule has 15 heavy (non-hydrogen) atoms. The van der Waals surface area contributed by atoms with Gasteiger partial charge in [0.15, 0.2) is 0 Å². The van der Waals surface area contributed by atoms with Gasteiger partial charge in [-0.25, -0.2) is 0 Å². The Morgan fingerprint density at radius 1 is 1.53 bits per heavy atom. The summed E-state index contributed by atoms with van der Waals surface area (Å²) in [6.45, 7) is 1.69. The molecule has 1 aliphatic heterocycles. The van der Waals surface area contributed by atoms with Gasteiger partial charge < -0.3 is 19.2 Å². The van der Waals surface area contributed by atoms with Crippen LogP contribution in [0.1, 0.15) is 5.89 Å². The van der Waals surface area contributed by atoms with Crippen LogP contribution >= 0.6 is 11.6 Å². The molecular weight excluding hydrogens is 222 g/mol. The Labute approximate surface area is 91.8 Å². The first-order valence-corrected chi connectivity index (χ1v) is 5.22. The third-order valence-electron chi connectivity index (χ3n) is 2.25. The second-order valence-electron chi connectivity index (χ2n) is 3.22. The monoisotopic (exact) mass is 233 g/mol. The maximum atomic E-state index is 9.15. The number of hydrogen-bond donors (Lipinski definition) is 1. The van der Waals surface area contributed by atoms with Gasteiger partial charge in [0.1, 0.15) is 5.88 Å². The van der Waals surface area contributed by atoms with Crippen molar-refractivity contribution >= 4 is 17.6 Å². The van der Waals surface area contributed by atoms with Gasteiger partial charge in [-0.15, -0.1) is 16.7 Å². The van der Waals surface area contributed by atoms with Crippen LogP contribution in [0.25, 0.3) is 0 Å². The van der Waals surface area contributed by atoms with Crippen LogP contribution in [0, 0.1) is 0 Å². The molecule has 1 saturated heterocycles. The number of aliphatic hydroxyl groups is 1. The molecule has 0 aliphatic carbocycles. The Kier molecular flexibility index (Phi) is 3.40. The average molecular weight is 234 g/mol. The molecule has 0 saturated carbocycles. The van der Waals surface area contributed by atoms with Crippen LogP contribution in [0.5, 0.6) is 0 Å². The van der Waals surface area contributed by atoms with Crippen molar-refractivity contribution in [1.29, 1.82) is 0 Å². The van der Waals surface area contributed by atoms with Gasteiger partial charge >= 0.3 is 6.01 Å². The lowest BCUT2D eigenvalue weighted by Crippen LogP contribution is -2.47.